The Balaban J connectivity index is 2.62. The number of hydrogen-bond acceptors (Lipinski definition) is 3. The normalized spacial score (nSPS) is 12.6. The summed E-state index contributed by atoms with van der Waals surface area (Å²) < 4.78 is 2.03. The van der Waals surface area contributed by atoms with Crippen LogP contribution in [0.15, 0.2) is 24.4 Å². The van der Waals surface area contributed by atoms with Crippen LogP contribution in [0.25, 0.3) is 5.65 Å². The van der Waals surface area contributed by atoms with Gasteiger partial charge in [-0.15, -0.1) is 10.2 Å². The Morgan fingerprint density at radius 2 is 1.93 bits per heavy atom. The number of fused-ring (bicyclic) bond motifs is 1. The number of aromatic nitrogens is 3. The Labute approximate surface area is 89.5 Å². The van der Waals surface area contributed by atoms with Gasteiger partial charge in [-0.1, -0.05) is 6.07 Å². The van der Waals surface area contributed by atoms with Gasteiger partial charge in [-0.05, 0) is 40.1 Å². The third kappa shape index (κ3) is 1.51. The smallest absolute Gasteiger partial charge is 0.160 e. The molecule has 2 aromatic rings. The van der Waals surface area contributed by atoms with Gasteiger partial charge >= 0.3 is 0 Å². The van der Waals surface area contributed by atoms with Gasteiger partial charge in [-0.3, -0.25) is 9.30 Å². The molecule has 0 fully saturated rings. The summed E-state index contributed by atoms with van der Waals surface area (Å²) in [6.45, 7) is 4.27. The first-order valence-electron chi connectivity index (χ1n) is 5.01. The predicted molar refractivity (Wildman–Crippen MR) is 59.7 cm³/mol. The zero-order valence-electron chi connectivity index (χ0n) is 9.60. The van der Waals surface area contributed by atoms with Crippen molar-refractivity contribution in [3.63, 3.8) is 0 Å². The standard InChI is InChI=1S/C11H16N4/c1-11(2,14(3)4)10-13-12-9-7-5-6-8-15(9)10/h5-8H,1-4H3. The minimum Gasteiger partial charge on any atom is -0.297 e. The van der Waals surface area contributed by atoms with Crippen LogP contribution in [0.3, 0.4) is 0 Å². The molecule has 2 heterocycles. The summed E-state index contributed by atoms with van der Waals surface area (Å²) in [4.78, 5) is 2.14. The molecule has 0 saturated heterocycles. The molecule has 0 saturated carbocycles. The van der Waals surface area contributed by atoms with E-state index in [0.29, 0.717) is 0 Å². The fourth-order valence-corrected chi connectivity index (χ4v) is 1.46. The zero-order valence-corrected chi connectivity index (χ0v) is 9.60. The molecule has 0 N–H and O–H groups in total. The Bertz CT molecular complexity index is 470. The molecule has 15 heavy (non-hydrogen) atoms. The first kappa shape index (κ1) is 10.1. The van der Waals surface area contributed by atoms with Crippen LogP contribution in [0, 0.1) is 0 Å². The van der Waals surface area contributed by atoms with Crippen LogP contribution < -0.4 is 0 Å². The first-order chi connectivity index (χ1) is 7.03. The highest BCUT2D eigenvalue weighted by Gasteiger charge is 2.28. The van der Waals surface area contributed by atoms with Crippen molar-refractivity contribution in [1.82, 2.24) is 19.5 Å². The van der Waals surface area contributed by atoms with Crippen LogP contribution in [0.2, 0.25) is 0 Å². The molecule has 0 bridgehead atoms. The highest BCUT2D eigenvalue weighted by atomic mass is 15.3. The molecule has 0 aliphatic carbocycles. The van der Waals surface area contributed by atoms with Crippen molar-refractivity contribution in [2.45, 2.75) is 19.4 Å². The summed E-state index contributed by atoms with van der Waals surface area (Å²) in [5.74, 6) is 0.961. The van der Waals surface area contributed by atoms with E-state index in [1.807, 2.05) is 42.9 Å². The molecule has 2 aromatic heterocycles. The molecule has 4 nitrogen and oxygen atoms in total. The van der Waals surface area contributed by atoms with Gasteiger partial charge in [0.25, 0.3) is 0 Å². The van der Waals surface area contributed by atoms with Gasteiger partial charge < -0.3 is 0 Å². The van der Waals surface area contributed by atoms with Crippen molar-refractivity contribution in [1.29, 1.82) is 0 Å². The average molecular weight is 204 g/mol. The molecule has 0 aromatic carbocycles. The number of pyridine rings is 1. The molecule has 4 heteroatoms. The molecule has 0 atom stereocenters. The Morgan fingerprint density at radius 3 is 2.60 bits per heavy atom. The van der Waals surface area contributed by atoms with Gasteiger partial charge in [-0.25, -0.2) is 0 Å². The van der Waals surface area contributed by atoms with Gasteiger partial charge in [0, 0.05) is 6.20 Å². The maximum absolute atomic E-state index is 4.26. The zero-order chi connectivity index (χ0) is 11.1. The largest absolute Gasteiger partial charge is 0.297 e. The van der Waals surface area contributed by atoms with E-state index >= 15 is 0 Å². The summed E-state index contributed by atoms with van der Waals surface area (Å²) in [6, 6.07) is 5.92. The van der Waals surface area contributed by atoms with E-state index in [2.05, 4.69) is 28.9 Å². The fraction of sp³-hybridized carbons (Fsp3) is 0.455. The third-order valence-corrected chi connectivity index (χ3v) is 2.98. The number of nitrogens with zero attached hydrogens (tertiary/aromatic N) is 4. The lowest BCUT2D eigenvalue weighted by atomic mass is 10.0. The van der Waals surface area contributed by atoms with Gasteiger partial charge in [0.2, 0.25) is 0 Å². The first-order valence-corrected chi connectivity index (χ1v) is 5.01. The maximum atomic E-state index is 4.26. The van der Waals surface area contributed by atoms with E-state index in [-0.39, 0.29) is 5.54 Å². The van der Waals surface area contributed by atoms with Crippen molar-refractivity contribution in [3.8, 4) is 0 Å². The Hall–Kier alpha value is -1.42. The molecule has 2 rings (SSSR count). The monoisotopic (exact) mass is 204 g/mol. The lowest BCUT2D eigenvalue weighted by Crippen LogP contribution is -2.37. The third-order valence-electron chi connectivity index (χ3n) is 2.98. The quantitative estimate of drug-likeness (QED) is 0.743. The van der Waals surface area contributed by atoms with Crippen LogP contribution in [-0.2, 0) is 5.54 Å². The van der Waals surface area contributed by atoms with E-state index in [9.17, 15) is 0 Å². The van der Waals surface area contributed by atoms with E-state index < -0.39 is 0 Å². The number of hydrogen-bond donors (Lipinski definition) is 0. The lowest BCUT2D eigenvalue weighted by Gasteiger charge is -2.30. The maximum Gasteiger partial charge on any atom is 0.160 e. The fourth-order valence-electron chi connectivity index (χ4n) is 1.46. The second-order valence-electron chi connectivity index (χ2n) is 4.41. The summed E-state index contributed by atoms with van der Waals surface area (Å²) in [6.07, 6.45) is 2.00. The lowest BCUT2D eigenvalue weighted by molar-refractivity contribution is 0.184. The Morgan fingerprint density at radius 1 is 1.20 bits per heavy atom. The van der Waals surface area contributed by atoms with Gasteiger partial charge in [0.1, 0.15) is 0 Å². The molecule has 0 unspecified atom stereocenters. The van der Waals surface area contributed by atoms with Gasteiger partial charge in [-0.2, -0.15) is 0 Å². The van der Waals surface area contributed by atoms with Crippen LogP contribution in [0.1, 0.15) is 19.7 Å². The second-order valence-corrected chi connectivity index (χ2v) is 4.41. The summed E-state index contributed by atoms with van der Waals surface area (Å²) in [5, 5.41) is 8.41. The molecule has 0 spiro atoms. The van der Waals surface area contributed by atoms with Crippen LogP contribution in [0.4, 0.5) is 0 Å². The summed E-state index contributed by atoms with van der Waals surface area (Å²) in [5.41, 5.74) is 0.767. The van der Waals surface area contributed by atoms with Gasteiger partial charge in [0.05, 0.1) is 5.54 Å². The van der Waals surface area contributed by atoms with E-state index in [0.717, 1.165) is 11.5 Å². The molecule has 0 amide bonds. The minimum atomic E-state index is -0.124. The van der Waals surface area contributed by atoms with Gasteiger partial charge in [0.15, 0.2) is 11.5 Å². The van der Waals surface area contributed by atoms with Crippen LogP contribution >= 0.6 is 0 Å². The minimum absolute atomic E-state index is 0.124. The highest BCUT2D eigenvalue weighted by Crippen LogP contribution is 2.23. The molecule has 0 aliphatic heterocycles. The molecule has 80 valence electrons. The van der Waals surface area contributed by atoms with Crippen LogP contribution in [0.5, 0.6) is 0 Å². The van der Waals surface area contributed by atoms with Crippen molar-refractivity contribution in [2.24, 2.45) is 0 Å². The van der Waals surface area contributed by atoms with Crippen molar-refractivity contribution in [3.05, 3.63) is 30.2 Å². The average Bonchev–Trinajstić information content (AvgIpc) is 2.61. The topological polar surface area (TPSA) is 33.4 Å². The second kappa shape index (κ2) is 3.31. The summed E-state index contributed by atoms with van der Waals surface area (Å²) in [7, 11) is 4.09. The van der Waals surface area contributed by atoms with E-state index in [1.54, 1.807) is 0 Å². The van der Waals surface area contributed by atoms with Crippen LogP contribution in [-0.4, -0.2) is 33.6 Å². The molecular formula is C11H16N4. The number of rotatable bonds is 2. The highest BCUT2D eigenvalue weighted by molar-refractivity contribution is 5.38. The van der Waals surface area contributed by atoms with E-state index in [4.69, 9.17) is 0 Å². The van der Waals surface area contributed by atoms with Crippen molar-refractivity contribution in [2.75, 3.05) is 14.1 Å². The molecule has 0 aliphatic rings. The van der Waals surface area contributed by atoms with E-state index in [1.165, 1.54) is 0 Å². The summed E-state index contributed by atoms with van der Waals surface area (Å²) >= 11 is 0. The SMILES string of the molecule is CN(C)C(C)(C)c1nnc2ccccn12. The molecule has 0 radical (unpaired) electrons. The molecular weight excluding hydrogens is 188 g/mol. The predicted octanol–water partition coefficient (Wildman–Crippen LogP) is 1.53. The van der Waals surface area contributed by atoms with Crippen molar-refractivity contribution < 1.29 is 0 Å². The Kier molecular flexibility index (Phi) is 2.23. The van der Waals surface area contributed by atoms with Crippen molar-refractivity contribution >= 4 is 5.65 Å².